The van der Waals surface area contributed by atoms with Gasteiger partial charge in [0.1, 0.15) is 5.15 Å². The predicted octanol–water partition coefficient (Wildman–Crippen LogP) is 3.02. The van der Waals surface area contributed by atoms with E-state index in [4.69, 9.17) is 23.2 Å². The summed E-state index contributed by atoms with van der Waals surface area (Å²) in [4.78, 5) is 10.1. The average Bonchev–Trinajstić information content (AvgIpc) is 2.14. The average molecular weight is 256 g/mol. The summed E-state index contributed by atoms with van der Waals surface area (Å²) in [6.07, 6.45) is 4.09. The summed E-state index contributed by atoms with van der Waals surface area (Å²) >= 11 is 11.6. The van der Waals surface area contributed by atoms with Crippen LogP contribution in [0.1, 0.15) is 12.6 Å². The molecular weight excluding hydrogens is 245 g/mol. The van der Waals surface area contributed by atoms with E-state index in [1.807, 2.05) is 13.2 Å². The summed E-state index contributed by atoms with van der Waals surface area (Å²) in [7, 11) is 2.01. The van der Waals surface area contributed by atoms with Crippen LogP contribution in [0, 0.1) is 0 Å². The molecule has 0 spiro atoms. The van der Waals surface area contributed by atoms with Gasteiger partial charge in [0.25, 0.3) is 0 Å². The molecule has 1 aliphatic rings. The van der Waals surface area contributed by atoms with Crippen molar-refractivity contribution in [2.24, 2.45) is 0 Å². The molecule has 0 aliphatic carbocycles. The molecule has 0 N–H and O–H groups in total. The summed E-state index contributed by atoms with van der Waals surface area (Å²) in [5, 5.41) is 0.526. The van der Waals surface area contributed by atoms with Crippen molar-refractivity contribution < 1.29 is 0 Å². The molecule has 16 heavy (non-hydrogen) atoms. The molecule has 2 heterocycles. The lowest BCUT2D eigenvalue weighted by molar-refractivity contribution is 0.493. The van der Waals surface area contributed by atoms with Gasteiger partial charge >= 0.3 is 0 Å². The Bertz CT molecular complexity index is 460. The Labute approximate surface area is 104 Å². The standard InChI is InChI=1S/C11H11Cl2N3/c1-7-3-8(6-16(2)5-7)9-4-10(12)15-11(13)14-9/h3-4,6H,5H2,1-2H3. The molecular formula is C11H11Cl2N3. The zero-order chi connectivity index (χ0) is 11.7. The Kier molecular flexibility index (Phi) is 3.17. The molecule has 0 saturated carbocycles. The van der Waals surface area contributed by atoms with Crippen LogP contribution in [0.3, 0.4) is 0 Å². The van der Waals surface area contributed by atoms with Gasteiger partial charge in [0, 0.05) is 31.4 Å². The maximum atomic E-state index is 5.85. The molecule has 0 atom stereocenters. The topological polar surface area (TPSA) is 29.0 Å². The molecule has 0 aromatic carbocycles. The second kappa shape index (κ2) is 4.44. The van der Waals surface area contributed by atoms with Crippen LogP contribution in [-0.4, -0.2) is 28.5 Å². The molecule has 3 nitrogen and oxygen atoms in total. The summed E-state index contributed by atoms with van der Waals surface area (Å²) in [6.45, 7) is 3.00. The first-order valence-corrected chi connectivity index (χ1v) is 5.60. The normalized spacial score (nSPS) is 15.9. The molecule has 0 radical (unpaired) electrons. The van der Waals surface area contributed by atoms with Crippen molar-refractivity contribution in [1.29, 1.82) is 0 Å². The van der Waals surface area contributed by atoms with Gasteiger partial charge in [-0.2, -0.15) is 0 Å². The first kappa shape index (κ1) is 11.4. The van der Waals surface area contributed by atoms with E-state index < -0.39 is 0 Å². The molecule has 84 valence electrons. The van der Waals surface area contributed by atoms with E-state index >= 15 is 0 Å². The molecule has 0 fully saturated rings. The van der Waals surface area contributed by atoms with Crippen LogP contribution in [0.5, 0.6) is 0 Å². The number of aromatic nitrogens is 2. The van der Waals surface area contributed by atoms with E-state index in [9.17, 15) is 0 Å². The maximum absolute atomic E-state index is 5.85. The molecule has 0 unspecified atom stereocenters. The van der Waals surface area contributed by atoms with E-state index in [1.54, 1.807) is 6.07 Å². The van der Waals surface area contributed by atoms with Gasteiger partial charge in [-0.1, -0.05) is 23.3 Å². The van der Waals surface area contributed by atoms with Crippen molar-refractivity contribution in [1.82, 2.24) is 14.9 Å². The minimum Gasteiger partial charge on any atom is -0.376 e. The van der Waals surface area contributed by atoms with Crippen LogP contribution in [0.15, 0.2) is 23.9 Å². The third-order valence-electron chi connectivity index (χ3n) is 2.22. The van der Waals surface area contributed by atoms with Crippen molar-refractivity contribution in [3.8, 4) is 0 Å². The zero-order valence-corrected chi connectivity index (χ0v) is 10.5. The quantitative estimate of drug-likeness (QED) is 0.571. The Morgan fingerprint density at radius 3 is 2.69 bits per heavy atom. The summed E-state index contributed by atoms with van der Waals surface area (Å²) in [5.74, 6) is 0. The van der Waals surface area contributed by atoms with Gasteiger partial charge < -0.3 is 4.90 Å². The van der Waals surface area contributed by atoms with E-state index in [0.717, 1.165) is 17.8 Å². The minimum atomic E-state index is 0.169. The number of nitrogens with zero attached hydrogens (tertiary/aromatic N) is 3. The molecule has 0 amide bonds. The monoisotopic (exact) mass is 255 g/mol. The third kappa shape index (κ3) is 2.54. The van der Waals surface area contributed by atoms with Crippen molar-refractivity contribution in [2.75, 3.05) is 13.6 Å². The van der Waals surface area contributed by atoms with E-state index in [1.165, 1.54) is 5.57 Å². The van der Waals surface area contributed by atoms with Crippen LogP contribution in [0.2, 0.25) is 10.4 Å². The highest BCUT2D eigenvalue weighted by Crippen LogP contribution is 2.23. The lowest BCUT2D eigenvalue weighted by Gasteiger charge is -2.21. The Balaban J connectivity index is 2.44. The fourth-order valence-corrected chi connectivity index (χ4v) is 2.11. The summed E-state index contributed by atoms with van der Waals surface area (Å²) in [5.41, 5.74) is 3.01. The van der Waals surface area contributed by atoms with Gasteiger partial charge in [-0.25, -0.2) is 9.97 Å². The first-order chi connectivity index (χ1) is 7.54. The van der Waals surface area contributed by atoms with E-state index in [-0.39, 0.29) is 5.28 Å². The lowest BCUT2D eigenvalue weighted by atomic mass is 10.1. The van der Waals surface area contributed by atoms with Crippen LogP contribution in [0.25, 0.3) is 5.57 Å². The second-order valence-corrected chi connectivity index (χ2v) is 4.56. The first-order valence-electron chi connectivity index (χ1n) is 4.84. The SMILES string of the molecule is CC1=CC(c2cc(Cl)nc(Cl)n2)=CN(C)C1. The minimum absolute atomic E-state index is 0.169. The van der Waals surface area contributed by atoms with Gasteiger partial charge in [-0.15, -0.1) is 0 Å². The van der Waals surface area contributed by atoms with Crippen LogP contribution >= 0.6 is 23.2 Å². The van der Waals surface area contributed by atoms with Crippen molar-refractivity contribution in [3.63, 3.8) is 0 Å². The Hall–Kier alpha value is -1.06. The van der Waals surface area contributed by atoms with Crippen molar-refractivity contribution in [3.05, 3.63) is 40.0 Å². The molecule has 2 rings (SSSR count). The number of likely N-dealkylation sites (N-methyl/N-ethyl adjacent to an activating group) is 1. The fraction of sp³-hybridized carbons (Fsp3) is 0.273. The van der Waals surface area contributed by atoms with Gasteiger partial charge in [0.2, 0.25) is 5.28 Å². The van der Waals surface area contributed by atoms with Gasteiger partial charge in [-0.05, 0) is 18.5 Å². The summed E-state index contributed by atoms with van der Waals surface area (Å²) in [6, 6.07) is 1.71. The number of rotatable bonds is 1. The molecule has 0 bridgehead atoms. The maximum Gasteiger partial charge on any atom is 0.224 e. The second-order valence-electron chi connectivity index (χ2n) is 3.84. The van der Waals surface area contributed by atoms with Gasteiger partial charge in [0.05, 0.1) is 5.69 Å². The lowest BCUT2D eigenvalue weighted by Crippen LogP contribution is -2.17. The highest BCUT2D eigenvalue weighted by Gasteiger charge is 2.10. The number of hydrogen-bond donors (Lipinski definition) is 0. The Morgan fingerprint density at radius 2 is 2.06 bits per heavy atom. The molecule has 1 aromatic heterocycles. The summed E-state index contributed by atoms with van der Waals surface area (Å²) < 4.78 is 0. The fourth-order valence-electron chi connectivity index (χ4n) is 1.70. The zero-order valence-electron chi connectivity index (χ0n) is 9.04. The number of allylic oxidation sites excluding steroid dienone is 2. The molecule has 1 aromatic rings. The van der Waals surface area contributed by atoms with Gasteiger partial charge in [-0.3, -0.25) is 0 Å². The van der Waals surface area contributed by atoms with Crippen LogP contribution in [-0.2, 0) is 0 Å². The van der Waals surface area contributed by atoms with Crippen LogP contribution in [0.4, 0.5) is 0 Å². The van der Waals surface area contributed by atoms with E-state index in [0.29, 0.717) is 5.15 Å². The highest BCUT2D eigenvalue weighted by atomic mass is 35.5. The number of halogens is 2. The third-order valence-corrected chi connectivity index (χ3v) is 2.59. The largest absolute Gasteiger partial charge is 0.376 e. The van der Waals surface area contributed by atoms with Crippen molar-refractivity contribution >= 4 is 28.8 Å². The number of hydrogen-bond acceptors (Lipinski definition) is 3. The highest BCUT2D eigenvalue weighted by molar-refractivity contribution is 6.31. The molecule has 0 saturated heterocycles. The Morgan fingerprint density at radius 1 is 1.31 bits per heavy atom. The van der Waals surface area contributed by atoms with E-state index in [2.05, 4.69) is 27.9 Å². The smallest absolute Gasteiger partial charge is 0.224 e. The predicted molar refractivity (Wildman–Crippen MR) is 66.4 cm³/mol. The van der Waals surface area contributed by atoms with Crippen LogP contribution < -0.4 is 0 Å². The van der Waals surface area contributed by atoms with Crippen molar-refractivity contribution in [2.45, 2.75) is 6.92 Å². The molecule has 5 heteroatoms. The molecule has 1 aliphatic heterocycles. The van der Waals surface area contributed by atoms with Gasteiger partial charge in [0.15, 0.2) is 0 Å².